The highest BCUT2D eigenvalue weighted by Crippen LogP contribution is 2.29. The molecule has 6 heteroatoms. The van der Waals surface area contributed by atoms with Gasteiger partial charge in [0.1, 0.15) is 11.4 Å². The Morgan fingerprint density at radius 1 is 1.21 bits per heavy atom. The molecule has 2 aromatic heterocycles. The van der Waals surface area contributed by atoms with Crippen LogP contribution in [0.3, 0.4) is 0 Å². The number of ether oxygens (including phenoxy) is 1. The van der Waals surface area contributed by atoms with Crippen LogP contribution in [0.5, 0.6) is 0 Å². The average molecular weight is 388 g/mol. The fourth-order valence-electron chi connectivity index (χ4n) is 3.64. The van der Waals surface area contributed by atoms with Crippen molar-refractivity contribution in [2.75, 3.05) is 18.5 Å². The van der Waals surface area contributed by atoms with E-state index in [2.05, 4.69) is 32.4 Å². The molecule has 2 heterocycles. The molecule has 29 heavy (non-hydrogen) atoms. The highest BCUT2D eigenvalue weighted by atomic mass is 16.5. The van der Waals surface area contributed by atoms with Gasteiger partial charge in [0.05, 0.1) is 28.8 Å². The zero-order chi connectivity index (χ0) is 20.4. The molecule has 0 aliphatic rings. The second kappa shape index (κ2) is 7.91. The Bertz CT molecular complexity index is 1160. The second-order valence-corrected chi connectivity index (χ2v) is 7.12. The van der Waals surface area contributed by atoms with E-state index in [1.54, 1.807) is 13.1 Å². The molecule has 0 aliphatic carbocycles. The van der Waals surface area contributed by atoms with E-state index in [1.807, 2.05) is 38.1 Å². The Balaban J connectivity index is 1.66. The molecular weight excluding hydrogens is 364 g/mol. The van der Waals surface area contributed by atoms with Crippen LogP contribution in [0, 0.1) is 13.8 Å². The lowest BCUT2D eigenvalue weighted by molar-refractivity contribution is 0.0527. The van der Waals surface area contributed by atoms with E-state index >= 15 is 0 Å². The largest absolute Gasteiger partial charge is 0.462 e. The molecule has 0 radical (unpaired) electrons. The molecule has 2 aromatic carbocycles. The van der Waals surface area contributed by atoms with Gasteiger partial charge in [-0.2, -0.15) is 0 Å². The molecule has 4 aromatic rings. The lowest BCUT2D eigenvalue weighted by Crippen LogP contribution is -2.13. The van der Waals surface area contributed by atoms with Gasteiger partial charge in [0.25, 0.3) is 0 Å². The lowest BCUT2D eigenvalue weighted by atomic mass is 10.0. The summed E-state index contributed by atoms with van der Waals surface area (Å²) in [4.78, 5) is 25.0. The van der Waals surface area contributed by atoms with Crippen LogP contribution in [-0.4, -0.2) is 34.1 Å². The maximum atomic E-state index is 12.5. The number of fused-ring (bicyclic) bond motifs is 2. The van der Waals surface area contributed by atoms with Crippen molar-refractivity contribution in [1.29, 1.82) is 0 Å². The number of hydrogen-bond donors (Lipinski definition) is 2. The van der Waals surface area contributed by atoms with Crippen LogP contribution < -0.4 is 5.32 Å². The Morgan fingerprint density at radius 3 is 2.83 bits per heavy atom. The zero-order valence-corrected chi connectivity index (χ0v) is 16.9. The van der Waals surface area contributed by atoms with Crippen molar-refractivity contribution in [2.24, 2.45) is 0 Å². The van der Waals surface area contributed by atoms with Crippen molar-refractivity contribution in [3.8, 4) is 0 Å². The quantitative estimate of drug-likeness (QED) is 0.473. The summed E-state index contributed by atoms with van der Waals surface area (Å²) in [6.07, 6.45) is 2.30. The summed E-state index contributed by atoms with van der Waals surface area (Å²) in [7, 11) is 0. The van der Waals surface area contributed by atoms with Crippen molar-refractivity contribution in [2.45, 2.75) is 27.2 Å². The molecule has 4 rings (SSSR count). The Morgan fingerprint density at radius 2 is 2.03 bits per heavy atom. The van der Waals surface area contributed by atoms with Gasteiger partial charge in [-0.05, 0) is 44.5 Å². The summed E-state index contributed by atoms with van der Waals surface area (Å²) >= 11 is 0. The molecule has 0 atom stereocenters. The predicted octanol–water partition coefficient (Wildman–Crippen LogP) is 4.56. The van der Waals surface area contributed by atoms with E-state index < -0.39 is 0 Å². The molecule has 2 N–H and O–H groups in total. The molecule has 0 aliphatic heterocycles. The SMILES string of the molecule is CCOC(=O)c1cnc2c(C)cc(C)cc2c1NCCc1nc2ccccc2[nH]1. The van der Waals surface area contributed by atoms with E-state index in [4.69, 9.17) is 4.74 Å². The van der Waals surface area contributed by atoms with Gasteiger partial charge in [-0.3, -0.25) is 4.98 Å². The Hall–Kier alpha value is -3.41. The number of aromatic amines is 1. The molecule has 0 saturated heterocycles. The summed E-state index contributed by atoms with van der Waals surface area (Å²) in [5, 5.41) is 4.37. The fourth-order valence-corrected chi connectivity index (χ4v) is 3.64. The van der Waals surface area contributed by atoms with Crippen LogP contribution in [0.15, 0.2) is 42.6 Å². The number of imidazole rings is 1. The van der Waals surface area contributed by atoms with Gasteiger partial charge < -0.3 is 15.0 Å². The molecular formula is C23H24N4O2. The summed E-state index contributed by atoms with van der Waals surface area (Å²) in [5.41, 5.74) is 6.28. The normalized spacial score (nSPS) is 11.1. The maximum Gasteiger partial charge on any atom is 0.341 e. The minimum absolute atomic E-state index is 0.322. The smallest absolute Gasteiger partial charge is 0.341 e. The molecule has 0 amide bonds. The number of para-hydroxylation sites is 2. The number of nitrogens with zero attached hydrogens (tertiary/aromatic N) is 2. The van der Waals surface area contributed by atoms with Crippen LogP contribution in [-0.2, 0) is 11.2 Å². The maximum absolute atomic E-state index is 12.5. The van der Waals surface area contributed by atoms with Crippen LogP contribution in [0.2, 0.25) is 0 Å². The third kappa shape index (κ3) is 3.78. The zero-order valence-electron chi connectivity index (χ0n) is 16.9. The number of hydrogen-bond acceptors (Lipinski definition) is 5. The van der Waals surface area contributed by atoms with Gasteiger partial charge in [-0.1, -0.05) is 23.8 Å². The number of benzene rings is 2. The number of H-pyrrole nitrogens is 1. The molecule has 0 unspecified atom stereocenters. The van der Waals surface area contributed by atoms with Crippen LogP contribution in [0.25, 0.3) is 21.9 Å². The number of rotatable bonds is 6. The number of carbonyl (C=O) groups is 1. The first kappa shape index (κ1) is 18.9. The summed E-state index contributed by atoms with van der Waals surface area (Å²) in [6, 6.07) is 12.1. The van der Waals surface area contributed by atoms with Crippen LogP contribution >= 0.6 is 0 Å². The standard InChI is InChI=1S/C23H24N4O2/c1-4-29-23(28)17-13-25-21-15(3)11-14(2)12-16(21)22(17)24-10-9-20-26-18-7-5-6-8-19(18)27-20/h5-8,11-13H,4,9-10H2,1-3H3,(H,24,25)(H,26,27). The number of pyridine rings is 1. The van der Waals surface area contributed by atoms with Crippen molar-refractivity contribution in [3.05, 3.63) is 65.1 Å². The fraction of sp³-hybridized carbons (Fsp3) is 0.261. The highest BCUT2D eigenvalue weighted by molar-refractivity contribution is 6.05. The van der Waals surface area contributed by atoms with Crippen LogP contribution in [0.1, 0.15) is 34.2 Å². The molecule has 0 saturated carbocycles. The van der Waals surface area contributed by atoms with E-state index in [0.717, 1.165) is 44.6 Å². The lowest BCUT2D eigenvalue weighted by Gasteiger charge is -2.15. The van der Waals surface area contributed by atoms with E-state index in [0.29, 0.717) is 25.1 Å². The van der Waals surface area contributed by atoms with E-state index in [9.17, 15) is 4.79 Å². The topological polar surface area (TPSA) is 79.9 Å². The Labute approximate surface area is 169 Å². The van der Waals surface area contributed by atoms with Crippen molar-refractivity contribution in [3.63, 3.8) is 0 Å². The molecule has 148 valence electrons. The number of anilines is 1. The summed E-state index contributed by atoms with van der Waals surface area (Å²) in [5.74, 6) is 0.536. The average Bonchev–Trinajstić information content (AvgIpc) is 3.11. The van der Waals surface area contributed by atoms with Gasteiger partial charge in [-0.25, -0.2) is 9.78 Å². The number of aryl methyl sites for hydroxylation is 2. The molecule has 0 spiro atoms. The minimum Gasteiger partial charge on any atom is -0.462 e. The Kier molecular flexibility index (Phi) is 5.16. The number of esters is 1. The number of carbonyl (C=O) groups excluding carboxylic acids is 1. The van der Waals surface area contributed by atoms with Gasteiger partial charge in [-0.15, -0.1) is 0 Å². The first-order chi connectivity index (χ1) is 14.1. The van der Waals surface area contributed by atoms with Gasteiger partial charge in [0, 0.05) is 24.5 Å². The minimum atomic E-state index is -0.368. The van der Waals surface area contributed by atoms with Crippen molar-refractivity contribution >= 4 is 33.6 Å². The van der Waals surface area contributed by atoms with Crippen molar-refractivity contribution in [1.82, 2.24) is 15.0 Å². The third-order valence-electron chi connectivity index (χ3n) is 4.90. The molecule has 0 fully saturated rings. The highest BCUT2D eigenvalue weighted by Gasteiger charge is 2.18. The molecule has 0 bridgehead atoms. The first-order valence-electron chi connectivity index (χ1n) is 9.81. The van der Waals surface area contributed by atoms with E-state index in [-0.39, 0.29) is 5.97 Å². The summed E-state index contributed by atoms with van der Waals surface area (Å²) in [6.45, 7) is 6.82. The second-order valence-electron chi connectivity index (χ2n) is 7.12. The first-order valence-corrected chi connectivity index (χ1v) is 9.81. The van der Waals surface area contributed by atoms with Gasteiger partial charge >= 0.3 is 5.97 Å². The summed E-state index contributed by atoms with van der Waals surface area (Å²) < 4.78 is 5.25. The third-order valence-corrected chi connectivity index (χ3v) is 4.90. The monoisotopic (exact) mass is 388 g/mol. The predicted molar refractivity (Wildman–Crippen MR) is 115 cm³/mol. The van der Waals surface area contributed by atoms with E-state index in [1.165, 1.54) is 0 Å². The van der Waals surface area contributed by atoms with Crippen LogP contribution in [0.4, 0.5) is 5.69 Å². The van der Waals surface area contributed by atoms with Crippen molar-refractivity contribution < 1.29 is 9.53 Å². The van der Waals surface area contributed by atoms with Gasteiger partial charge in [0.2, 0.25) is 0 Å². The van der Waals surface area contributed by atoms with Gasteiger partial charge in [0.15, 0.2) is 0 Å². The number of nitrogens with one attached hydrogen (secondary N) is 2. The number of aromatic nitrogens is 3. The molecule has 6 nitrogen and oxygen atoms in total.